The Bertz CT molecular complexity index is 1840. The van der Waals surface area contributed by atoms with Gasteiger partial charge in [0.25, 0.3) is 0 Å². The zero-order valence-electron chi connectivity index (χ0n) is 19.6. The highest BCUT2D eigenvalue weighted by Crippen LogP contribution is 2.42. The van der Waals surface area contributed by atoms with Crippen molar-refractivity contribution in [3.63, 3.8) is 0 Å². The lowest BCUT2D eigenvalue weighted by molar-refractivity contribution is 0.497. The molecule has 0 aliphatic carbocycles. The maximum Gasteiger partial charge on any atom is 0.182 e. The predicted octanol–water partition coefficient (Wildman–Crippen LogP) is 6.86. The summed E-state index contributed by atoms with van der Waals surface area (Å²) in [5, 5.41) is 5.57. The Balaban J connectivity index is 1.59. The number of fused-ring (bicyclic) bond motifs is 3. The maximum atomic E-state index is 13.6. The van der Waals surface area contributed by atoms with Crippen LogP contribution in [0.2, 0.25) is 0 Å². The molecule has 178 valence electrons. The normalized spacial score (nSPS) is 11.5. The van der Waals surface area contributed by atoms with Crippen molar-refractivity contribution in [3.8, 4) is 33.8 Å². The average molecular weight is 486 g/mol. The quantitative estimate of drug-likeness (QED) is 0.267. The highest BCUT2D eigenvalue weighted by molar-refractivity contribution is 6.09. The summed E-state index contributed by atoms with van der Waals surface area (Å²) in [4.78, 5) is 9.79. The highest BCUT2D eigenvalue weighted by Gasteiger charge is 2.25. The zero-order chi connectivity index (χ0) is 24.8. The van der Waals surface area contributed by atoms with Crippen LogP contribution in [0.1, 0.15) is 5.76 Å². The topological polar surface area (TPSA) is 61.2 Å². The molecule has 4 aromatic heterocycles. The molecule has 7 aromatic rings. The van der Waals surface area contributed by atoms with Crippen LogP contribution in [-0.2, 0) is 6.54 Å². The molecular formula is C30H20FN5O. The number of benzene rings is 3. The van der Waals surface area contributed by atoms with Crippen molar-refractivity contribution in [3.05, 3.63) is 121 Å². The van der Waals surface area contributed by atoms with Gasteiger partial charge in [0.1, 0.15) is 23.6 Å². The fraction of sp³-hybridized carbons (Fsp3) is 0.0333. The molecule has 0 fully saturated rings. The molecule has 6 nitrogen and oxygen atoms in total. The van der Waals surface area contributed by atoms with E-state index in [1.165, 1.54) is 12.1 Å². The van der Waals surface area contributed by atoms with Crippen LogP contribution in [0.15, 0.2) is 114 Å². The molecule has 0 bridgehead atoms. The lowest BCUT2D eigenvalue weighted by Crippen LogP contribution is -2.03. The predicted molar refractivity (Wildman–Crippen MR) is 140 cm³/mol. The number of halogens is 1. The van der Waals surface area contributed by atoms with E-state index < -0.39 is 0 Å². The Morgan fingerprint density at radius 3 is 2.16 bits per heavy atom. The van der Waals surface area contributed by atoms with Gasteiger partial charge in [0, 0.05) is 11.1 Å². The molecule has 3 aromatic carbocycles. The summed E-state index contributed by atoms with van der Waals surface area (Å²) in [6, 6.07) is 30.6. The molecular weight excluding hydrogens is 465 g/mol. The SMILES string of the molecule is Fc1ccc(-c2nc3c4c(-c5ccccc5)c(-c5ccccc5)n(Cc5ccco5)c4ncn3n2)cc1. The van der Waals surface area contributed by atoms with E-state index in [0.717, 1.165) is 44.7 Å². The molecule has 7 heteroatoms. The van der Waals surface area contributed by atoms with E-state index in [1.54, 1.807) is 29.2 Å². The van der Waals surface area contributed by atoms with Gasteiger partial charge < -0.3 is 8.98 Å². The van der Waals surface area contributed by atoms with Gasteiger partial charge in [0.2, 0.25) is 0 Å². The fourth-order valence-electron chi connectivity index (χ4n) is 4.85. The van der Waals surface area contributed by atoms with Gasteiger partial charge >= 0.3 is 0 Å². The number of rotatable bonds is 5. The second kappa shape index (κ2) is 8.57. The van der Waals surface area contributed by atoms with Gasteiger partial charge in [-0.2, -0.15) is 0 Å². The maximum absolute atomic E-state index is 13.6. The number of aromatic nitrogens is 5. The minimum absolute atomic E-state index is 0.301. The molecule has 0 spiro atoms. The smallest absolute Gasteiger partial charge is 0.182 e. The van der Waals surface area contributed by atoms with Gasteiger partial charge in [-0.3, -0.25) is 0 Å². The minimum Gasteiger partial charge on any atom is -0.467 e. The molecule has 0 aliphatic rings. The molecule has 0 saturated heterocycles. The summed E-state index contributed by atoms with van der Waals surface area (Å²) in [7, 11) is 0. The second-order valence-corrected chi connectivity index (χ2v) is 8.77. The van der Waals surface area contributed by atoms with Crippen molar-refractivity contribution >= 4 is 16.7 Å². The number of hydrogen-bond donors (Lipinski definition) is 0. The van der Waals surface area contributed by atoms with Crippen molar-refractivity contribution < 1.29 is 8.81 Å². The first-order chi connectivity index (χ1) is 18.3. The Kier molecular flexibility index (Phi) is 4.92. The Morgan fingerprint density at radius 1 is 0.730 bits per heavy atom. The third-order valence-corrected chi connectivity index (χ3v) is 6.49. The molecule has 0 unspecified atom stereocenters. The first-order valence-corrected chi connectivity index (χ1v) is 11.9. The van der Waals surface area contributed by atoms with Crippen LogP contribution < -0.4 is 0 Å². The van der Waals surface area contributed by atoms with E-state index in [1.807, 2.05) is 48.5 Å². The molecule has 37 heavy (non-hydrogen) atoms. The van der Waals surface area contributed by atoms with Crippen LogP contribution in [0.25, 0.3) is 50.5 Å². The monoisotopic (exact) mass is 485 g/mol. The van der Waals surface area contributed by atoms with E-state index in [0.29, 0.717) is 18.0 Å². The summed E-state index contributed by atoms with van der Waals surface area (Å²) in [6.45, 7) is 0.503. The molecule has 0 aliphatic heterocycles. The molecule has 0 amide bonds. The fourth-order valence-corrected chi connectivity index (χ4v) is 4.85. The molecule has 0 atom stereocenters. The molecule has 0 N–H and O–H groups in total. The van der Waals surface area contributed by atoms with Crippen LogP contribution in [0, 0.1) is 5.82 Å². The summed E-state index contributed by atoms with van der Waals surface area (Å²) < 4.78 is 23.2. The Morgan fingerprint density at radius 2 is 1.46 bits per heavy atom. The van der Waals surface area contributed by atoms with Crippen molar-refractivity contribution in [2.24, 2.45) is 0 Å². The average Bonchev–Trinajstić information content (AvgIpc) is 3.68. The van der Waals surface area contributed by atoms with E-state index in [9.17, 15) is 4.39 Å². The molecule has 0 radical (unpaired) electrons. The zero-order valence-corrected chi connectivity index (χ0v) is 19.6. The molecule has 4 heterocycles. The second-order valence-electron chi connectivity index (χ2n) is 8.77. The van der Waals surface area contributed by atoms with Crippen LogP contribution >= 0.6 is 0 Å². The molecule has 7 rings (SSSR count). The minimum atomic E-state index is -0.301. The third kappa shape index (κ3) is 3.60. The Labute approximate surface area is 211 Å². The van der Waals surface area contributed by atoms with Crippen LogP contribution in [0.5, 0.6) is 0 Å². The number of nitrogens with zero attached hydrogens (tertiary/aromatic N) is 5. The van der Waals surface area contributed by atoms with Crippen molar-refractivity contribution in [2.45, 2.75) is 6.54 Å². The van der Waals surface area contributed by atoms with Gasteiger partial charge in [-0.25, -0.2) is 18.9 Å². The van der Waals surface area contributed by atoms with E-state index >= 15 is 0 Å². The summed E-state index contributed by atoms with van der Waals surface area (Å²) in [6.07, 6.45) is 3.36. The van der Waals surface area contributed by atoms with Gasteiger partial charge in [-0.05, 0) is 47.5 Å². The van der Waals surface area contributed by atoms with Crippen molar-refractivity contribution in [2.75, 3.05) is 0 Å². The van der Waals surface area contributed by atoms with Crippen LogP contribution in [0.4, 0.5) is 4.39 Å². The standard InChI is InChI=1S/C30H20FN5O/c31-23-15-13-22(14-16-23)28-33-30-26-25(20-8-3-1-4-9-20)27(21-10-5-2-6-11-21)35(18-24-12-7-17-37-24)29(26)32-19-36(30)34-28/h1-17,19H,18H2. The summed E-state index contributed by atoms with van der Waals surface area (Å²) >= 11 is 0. The Hall–Kier alpha value is -5.04. The van der Waals surface area contributed by atoms with Crippen LogP contribution in [0.3, 0.4) is 0 Å². The van der Waals surface area contributed by atoms with E-state index in [4.69, 9.17) is 14.4 Å². The van der Waals surface area contributed by atoms with Gasteiger partial charge in [0.05, 0.1) is 23.9 Å². The van der Waals surface area contributed by atoms with E-state index in [2.05, 4.69) is 33.9 Å². The van der Waals surface area contributed by atoms with E-state index in [-0.39, 0.29) is 5.82 Å². The summed E-state index contributed by atoms with van der Waals surface area (Å²) in [5.74, 6) is 1.03. The third-order valence-electron chi connectivity index (χ3n) is 6.49. The largest absolute Gasteiger partial charge is 0.467 e. The first-order valence-electron chi connectivity index (χ1n) is 11.9. The lowest BCUT2D eigenvalue weighted by atomic mass is 9.99. The summed E-state index contributed by atoms with van der Waals surface area (Å²) in [5.41, 5.74) is 6.33. The van der Waals surface area contributed by atoms with Gasteiger partial charge in [-0.15, -0.1) is 5.10 Å². The molecule has 0 saturated carbocycles. The highest BCUT2D eigenvalue weighted by atomic mass is 19.1. The number of hydrogen-bond acceptors (Lipinski definition) is 4. The lowest BCUT2D eigenvalue weighted by Gasteiger charge is -2.11. The van der Waals surface area contributed by atoms with Crippen LogP contribution in [-0.4, -0.2) is 24.1 Å². The van der Waals surface area contributed by atoms with Crippen molar-refractivity contribution in [1.82, 2.24) is 24.1 Å². The first kappa shape index (κ1) is 21.3. The number of furan rings is 1. The van der Waals surface area contributed by atoms with Crippen molar-refractivity contribution in [1.29, 1.82) is 0 Å². The van der Waals surface area contributed by atoms with Gasteiger partial charge in [-0.1, -0.05) is 60.7 Å². The van der Waals surface area contributed by atoms with Gasteiger partial charge in [0.15, 0.2) is 11.5 Å².